The van der Waals surface area contributed by atoms with E-state index in [9.17, 15) is 18.0 Å². The number of carbonyl (C=O) groups excluding carboxylic acids is 1. The van der Waals surface area contributed by atoms with Crippen LogP contribution in [0.3, 0.4) is 0 Å². The number of hydrogen-bond donors (Lipinski definition) is 0. The van der Waals surface area contributed by atoms with Crippen molar-refractivity contribution < 1.29 is 22.7 Å². The largest absolute Gasteiger partial charge is 0.464 e. The van der Waals surface area contributed by atoms with Crippen molar-refractivity contribution in [1.82, 2.24) is 9.38 Å². The Morgan fingerprint density at radius 2 is 2.11 bits per heavy atom. The fourth-order valence-electron chi connectivity index (χ4n) is 1.63. The van der Waals surface area contributed by atoms with Crippen LogP contribution in [0.25, 0.3) is 5.65 Å². The van der Waals surface area contributed by atoms with E-state index in [2.05, 4.69) is 9.72 Å². The number of esters is 1. The smallest absolute Gasteiger partial charge is 0.416 e. The highest BCUT2D eigenvalue weighted by atomic mass is 19.4. The zero-order valence-corrected chi connectivity index (χ0v) is 9.58. The van der Waals surface area contributed by atoms with E-state index < -0.39 is 17.7 Å². The SMILES string of the molecule is COC(=O)c1nc2cc(C(F)(F)F)ccn2c1C. The molecule has 0 aromatic carbocycles. The van der Waals surface area contributed by atoms with E-state index in [1.807, 2.05) is 0 Å². The first-order valence-corrected chi connectivity index (χ1v) is 4.99. The molecule has 0 spiro atoms. The third kappa shape index (κ3) is 1.92. The Morgan fingerprint density at radius 3 is 2.67 bits per heavy atom. The normalized spacial score (nSPS) is 11.8. The standard InChI is InChI=1S/C11H9F3N2O2/c1-6-9(10(17)18-2)15-8-5-7(11(12,13)14)3-4-16(6)8/h3-5H,1-2H3. The number of carbonyl (C=O) groups is 1. The van der Waals surface area contributed by atoms with E-state index in [1.165, 1.54) is 17.7 Å². The molecular formula is C11H9F3N2O2. The summed E-state index contributed by atoms with van der Waals surface area (Å²) in [4.78, 5) is 15.2. The molecule has 7 heteroatoms. The molecule has 0 N–H and O–H groups in total. The van der Waals surface area contributed by atoms with Gasteiger partial charge in [0.25, 0.3) is 0 Å². The van der Waals surface area contributed by atoms with Gasteiger partial charge in [0.15, 0.2) is 5.69 Å². The lowest BCUT2D eigenvalue weighted by Crippen LogP contribution is -2.05. The number of rotatable bonds is 1. The maximum atomic E-state index is 12.5. The van der Waals surface area contributed by atoms with Gasteiger partial charge in [-0.25, -0.2) is 9.78 Å². The number of alkyl halides is 3. The average molecular weight is 258 g/mol. The third-order valence-electron chi connectivity index (χ3n) is 2.57. The summed E-state index contributed by atoms with van der Waals surface area (Å²) in [6.45, 7) is 1.58. The van der Waals surface area contributed by atoms with Crippen molar-refractivity contribution in [3.63, 3.8) is 0 Å². The molecule has 0 aliphatic carbocycles. The van der Waals surface area contributed by atoms with Crippen LogP contribution in [-0.2, 0) is 10.9 Å². The number of methoxy groups -OCH3 is 1. The summed E-state index contributed by atoms with van der Waals surface area (Å²) in [7, 11) is 1.19. The summed E-state index contributed by atoms with van der Waals surface area (Å²) in [5.74, 6) is -0.676. The Labute approximate surface area is 100 Å². The van der Waals surface area contributed by atoms with Crippen molar-refractivity contribution in [3.8, 4) is 0 Å². The second kappa shape index (κ2) is 4.01. The summed E-state index contributed by atoms with van der Waals surface area (Å²) in [6, 6.07) is 1.82. The first-order valence-electron chi connectivity index (χ1n) is 4.99. The Bertz CT molecular complexity index is 617. The summed E-state index contributed by atoms with van der Waals surface area (Å²) < 4.78 is 43.5. The molecule has 2 aromatic rings. The lowest BCUT2D eigenvalue weighted by molar-refractivity contribution is -0.137. The molecule has 0 aliphatic heterocycles. The second-order valence-corrected chi connectivity index (χ2v) is 3.68. The van der Waals surface area contributed by atoms with E-state index in [1.54, 1.807) is 6.92 Å². The van der Waals surface area contributed by atoms with Gasteiger partial charge in [-0.05, 0) is 19.1 Å². The van der Waals surface area contributed by atoms with Gasteiger partial charge in [-0.2, -0.15) is 13.2 Å². The van der Waals surface area contributed by atoms with Crippen molar-refractivity contribution in [2.24, 2.45) is 0 Å². The molecule has 0 bridgehead atoms. The van der Waals surface area contributed by atoms with E-state index in [4.69, 9.17) is 0 Å². The lowest BCUT2D eigenvalue weighted by atomic mass is 10.2. The van der Waals surface area contributed by atoms with E-state index in [-0.39, 0.29) is 11.3 Å². The molecule has 0 aliphatic rings. The maximum absolute atomic E-state index is 12.5. The predicted octanol–water partition coefficient (Wildman–Crippen LogP) is 2.45. The van der Waals surface area contributed by atoms with E-state index >= 15 is 0 Å². The van der Waals surface area contributed by atoms with Crippen LogP contribution in [0, 0.1) is 6.92 Å². The third-order valence-corrected chi connectivity index (χ3v) is 2.57. The van der Waals surface area contributed by atoms with Gasteiger partial charge >= 0.3 is 12.1 Å². The number of fused-ring (bicyclic) bond motifs is 1. The monoisotopic (exact) mass is 258 g/mol. The minimum absolute atomic E-state index is 0.0109. The van der Waals surface area contributed by atoms with Crippen LogP contribution in [0.2, 0.25) is 0 Å². The molecule has 96 valence electrons. The van der Waals surface area contributed by atoms with Gasteiger partial charge in [-0.1, -0.05) is 0 Å². The number of pyridine rings is 1. The van der Waals surface area contributed by atoms with Crippen molar-refractivity contribution in [3.05, 3.63) is 35.3 Å². The van der Waals surface area contributed by atoms with Gasteiger partial charge in [-0.15, -0.1) is 0 Å². The van der Waals surface area contributed by atoms with Crippen molar-refractivity contribution in [2.75, 3.05) is 7.11 Å². The molecule has 0 radical (unpaired) electrons. The van der Waals surface area contributed by atoms with Gasteiger partial charge in [-0.3, -0.25) is 0 Å². The Balaban J connectivity index is 2.62. The molecule has 0 saturated carbocycles. The number of ether oxygens (including phenoxy) is 1. The van der Waals surface area contributed by atoms with Crippen LogP contribution in [-0.4, -0.2) is 22.5 Å². The van der Waals surface area contributed by atoms with Gasteiger partial charge < -0.3 is 9.14 Å². The number of nitrogens with zero attached hydrogens (tertiary/aromatic N) is 2. The first kappa shape index (κ1) is 12.4. The highest BCUT2D eigenvalue weighted by Crippen LogP contribution is 2.30. The zero-order chi connectivity index (χ0) is 13.5. The van der Waals surface area contributed by atoms with Crippen molar-refractivity contribution in [1.29, 1.82) is 0 Å². The summed E-state index contributed by atoms with van der Waals surface area (Å²) in [5.41, 5.74) is -0.304. The molecule has 2 heterocycles. The van der Waals surface area contributed by atoms with Crippen molar-refractivity contribution in [2.45, 2.75) is 13.1 Å². The summed E-state index contributed by atoms with van der Waals surface area (Å²) in [5, 5.41) is 0. The number of hydrogen-bond acceptors (Lipinski definition) is 3. The van der Waals surface area contributed by atoms with Crippen LogP contribution in [0.15, 0.2) is 18.3 Å². The number of halogens is 3. The van der Waals surface area contributed by atoms with Crippen LogP contribution < -0.4 is 0 Å². The molecule has 0 atom stereocenters. The van der Waals surface area contributed by atoms with Crippen LogP contribution >= 0.6 is 0 Å². The zero-order valence-electron chi connectivity index (χ0n) is 9.58. The van der Waals surface area contributed by atoms with Crippen LogP contribution in [0.4, 0.5) is 13.2 Å². The second-order valence-electron chi connectivity index (χ2n) is 3.68. The van der Waals surface area contributed by atoms with E-state index in [0.717, 1.165) is 12.1 Å². The topological polar surface area (TPSA) is 43.6 Å². The lowest BCUT2D eigenvalue weighted by Gasteiger charge is -2.06. The van der Waals surface area contributed by atoms with Crippen LogP contribution in [0.5, 0.6) is 0 Å². The molecule has 0 saturated heterocycles. The minimum atomic E-state index is -4.44. The molecular weight excluding hydrogens is 249 g/mol. The number of imidazole rings is 1. The average Bonchev–Trinajstić information content (AvgIpc) is 2.64. The first-order chi connectivity index (χ1) is 8.34. The highest BCUT2D eigenvalue weighted by molar-refractivity contribution is 5.89. The Morgan fingerprint density at radius 1 is 1.44 bits per heavy atom. The fourth-order valence-corrected chi connectivity index (χ4v) is 1.63. The maximum Gasteiger partial charge on any atom is 0.416 e. The molecule has 18 heavy (non-hydrogen) atoms. The predicted molar refractivity (Wildman–Crippen MR) is 56.3 cm³/mol. The molecule has 2 aromatic heterocycles. The number of aromatic nitrogens is 2. The fraction of sp³-hybridized carbons (Fsp3) is 0.273. The summed E-state index contributed by atoms with van der Waals surface area (Å²) in [6.07, 6.45) is -3.21. The molecule has 0 unspecified atom stereocenters. The van der Waals surface area contributed by atoms with Gasteiger partial charge in [0.1, 0.15) is 5.65 Å². The van der Waals surface area contributed by atoms with E-state index in [0.29, 0.717) is 5.69 Å². The molecule has 0 fully saturated rings. The Kier molecular flexibility index (Phi) is 2.76. The van der Waals surface area contributed by atoms with Crippen molar-refractivity contribution >= 4 is 11.6 Å². The number of aryl methyl sites for hydroxylation is 1. The van der Waals surface area contributed by atoms with Gasteiger partial charge in [0.2, 0.25) is 0 Å². The minimum Gasteiger partial charge on any atom is -0.464 e. The van der Waals surface area contributed by atoms with Crippen LogP contribution in [0.1, 0.15) is 21.7 Å². The quantitative estimate of drug-likeness (QED) is 0.738. The van der Waals surface area contributed by atoms with Gasteiger partial charge in [0, 0.05) is 6.20 Å². The highest BCUT2D eigenvalue weighted by Gasteiger charge is 2.31. The molecule has 4 nitrogen and oxygen atoms in total. The summed E-state index contributed by atoms with van der Waals surface area (Å²) >= 11 is 0. The molecule has 2 rings (SSSR count). The van der Waals surface area contributed by atoms with Gasteiger partial charge in [0.05, 0.1) is 18.4 Å². The molecule has 0 amide bonds. The Hall–Kier alpha value is -2.05.